The quantitative estimate of drug-likeness (QED) is 0.733. The van der Waals surface area contributed by atoms with Crippen LogP contribution < -0.4 is 10.1 Å². The topological polar surface area (TPSA) is 25.8 Å². The van der Waals surface area contributed by atoms with Gasteiger partial charge in [0.05, 0.1) is 19.2 Å². The molecule has 0 saturated heterocycles. The van der Waals surface area contributed by atoms with Gasteiger partial charge in [-0.1, -0.05) is 37.3 Å². The predicted molar refractivity (Wildman–Crippen MR) is 85.2 cm³/mol. The third kappa shape index (κ3) is 4.53. The van der Waals surface area contributed by atoms with Crippen molar-refractivity contribution >= 4 is 10.8 Å². The van der Waals surface area contributed by atoms with Gasteiger partial charge in [0, 0.05) is 0 Å². The Morgan fingerprint density at radius 2 is 1.85 bits per heavy atom. The van der Waals surface area contributed by atoms with Crippen molar-refractivity contribution in [2.75, 3.05) is 13.2 Å². The van der Waals surface area contributed by atoms with Crippen molar-refractivity contribution in [1.82, 2.24) is 0 Å². The first-order valence-electron chi connectivity index (χ1n) is 7.74. The Kier molecular flexibility index (Phi) is 5.87. The van der Waals surface area contributed by atoms with Crippen LogP contribution in [-0.4, -0.2) is 19.2 Å². The number of benzene rings is 2. The van der Waals surface area contributed by atoms with E-state index < -0.39 is 0 Å². The molecule has 2 heteroatoms. The molecule has 108 valence electrons. The number of nitrogens with two attached hydrogens (primary N) is 1. The lowest BCUT2D eigenvalue weighted by molar-refractivity contribution is -0.686. The molecule has 0 radical (unpaired) electrons. The lowest BCUT2D eigenvalue weighted by Crippen LogP contribution is -2.89. The maximum atomic E-state index is 5.83. The number of unbranched alkanes of at least 4 members (excludes halogenated alkanes) is 1. The molecule has 0 heterocycles. The summed E-state index contributed by atoms with van der Waals surface area (Å²) in [7, 11) is 0. The zero-order chi connectivity index (χ0) is 14.2. The van der Waals surface area contributed by atoms with Gasteiger partial charge in [0.2, 0.25) is 0 Å². The fourth-order valence-corrected chi connectivity index (χ4v) is 2.26. The van der Waals surface area contributed by atoms with Crippen molar-refractivity contribution in [3.63, 3.8) is 0 Å². The molecule has 0 unspecified atom stereocenters. The Morgan fingerprint density at radius 3 is 2.65 bits per heavy atom. The van der Waals surface area contributed by atoms with Gasteiger partial charge in [-0.3, -0.25) is 0 Å². The van der Waals surface area contributed by atoms with Crippen LogP contribution in [-0.2, 0) is 0 Å². The second-order valence-corrected chi connectivity index (χ2v) is 5.47. The number of fused-ring (bicyclic) bond motifs is 1. The van der Waals surface area contributed by atoms with Gasteiger partial charge >= 0.3 is 0 Å². The van der Waals surface area contributed by atoms with Crippen LogP contribution in [0, 0.1) is 0 Å². The molecule has 0 saturated carbocycles. The largest absolute Gasteiger partial charge is 0.494 e. The normalized spacial score (nSPS) is 12.5. The smallest absolute Gasteiger partial charge is 0.119 e. The van der Waals surface area contributed by atoms with Gasteiger partial charge in [0.15, 0.2) is 0 Å². The van der Waals surface area contributed by atoms with Crippen molar-refractivity contribution in [3.8, 4) is 5.75 Å². The molecule has 2 aromatic rings. The van der Waals surface area contributed by atoms with Crippen LogP contribution in [0.3, 0.4) is 0 Å². The average molecular weight is 272 g/mol. The number of ether oxygens (including phenoxy) is 1. The summed E-state index contributed by atoms with van der Waals surface area (Å²) in [6.07, 6.45) is 3.59. The first kappa shape index (κ1) is 14.9. The summed E-state index contributed by atoms with van der Waals surface area (Å²) in [6.45, 7) is 6.54. The summed E-state index contributed by atoms with van der Waals surface area (Å²) >= 11 is 0. The minimum absolute atomic E-state index is 0.747. The van der Waals surface area contributed by atoms with Gasteiger partial charge in [-0.2, -0.15) is 0 Å². The number of quaternary nitrogens is 1. The predicted octanol–water partition coefficient (Wildman–Crippen LogP) is 3.36. The van der Waals surface area contributed by atoms with Crippen LogP contribution in [0.2, 0.25) is 0 Å². The number of rotatable bonds is 8. The zero-order valence-corrected chi connectivity index (χ0v) is 12.6. The Morgan fingerprint density at radius 1 is 1.05 bits per heavy atom. The van der Waals surface area contributed by atoms with E-state index in [-0.39, 0.29) is 0 Å². The van der Waals surface area contributed by atoms with Crippen molar-refractivity contribution in [2.45, 2.75) is 39.2 Å². The summed E-state index contributed by atoms with van der Waals surface area (Å²) in [5, 5.41) is 4.94. The fraction of sp³-hybridized carbons (Fsp3) is 0.444. The van der Waals surface area contributed by atoms with Gasteiger partial charge in [-0.15, -0.1) is 0 Å². The lowest BCUT2D eigenvalue weighted by Gasteiger charge is -2.09. The summed E-state index contributed by atoms with van der Waals surface area (Å²) in [5.41, 5.74) is 0. The molecule has 0 bridgehead atoms. The molecule has 0 amide bonds. The van der Waals surface area contributed by atoms with Crippen LogP contribution in [0.1, 0.15) is 33.1 Å². The monoisotopic (exact) mass is 272 g/mol. The van der Waals surface area contributed by atoms with Gasteiger partial charge in [-0.25, -0.2) is 0 Å². The van der Waals surface area contributed by atoms with Crippen LogP contribution in [0.15, 0.2) is 42.5 Å². The van der Waals surface area contributed by atoms with Gasteiger partial charge in [0.25, 0.3) is 0 Å². The highest BCUT2D eigenvalue weighted by Gasteiger charge is 2.00. The first-order valence-corrected chi connectivity index (χ1v) is 7.74. The van der Waals surface area contributed by atoms with Crippen molar-refractivity contribution in [2.24, 2.45) is 0 Å². The molecule has 2 aromatic carbocycles. The van der Waals surface area contributed by atoms with E-state index in [2.05, 4.69) is 61.6 Å². The third-order valence-electron chi connectivity index (χ3n) is 3.80. The Labute approximate surface area is 122 Å². The standard InChI is InChI=1S/C18H25NO/c1-3-15(2)19-12-6-7-13-20-18-11-10-16-8-4-5-9-17(16)14-18/h4-5,8-11,14-15,19H,3,6-7,12-13H2,1-2H3/p+1/t15-/m1/s1. The van der Waals surface area contributed by atoms with E-state index in [9.17, 15) is 0 Å². The van der Waals surface area contributed by atoms with E-state index in [1.54, 1.807) is 0 Å². The molecule has 0 aliphatic carbocycles. The molecule has 0 spiro atoms. The van der Waals surface area contributed by atoms with E-state index >= 15 is 0 Å². The highest BCUT2D eigenvalue weighted by Crippen LogP contribution is 2.20. The second-order valence-electron chi connectivity index (χ2n) is 5.47. The molecule has 1 atom stereocenters. The minimum Gasteiger partial charge on any atom is -0.494 e. The second kappa shape index (κ2) is 7.91. The Balaban J connectivity index is 1.70. The first-order chi connectivity index (χ1) is 9.79. The summed E-state index contributed by atoms with van der Waals surface area (Å²) in [5.74, 6) is 0.981. The number of hydrogen-bond donors (Lipinski definition) is 1. The van der Waals surface area contributed by atoms with E-state index in [0.717, 1.165) is 24.8 Å². The molecule has 20 heavy (non-hydrogen) atoms. The van der Waals surface area contributed by atoms with Gasteiger partial charge < -0.3 is 10.1 Å². The molecular weight excluding hydrogens is 246 g/mol. The lowest BCUT2D eigenvalue weighted by atomic mass is 10.1. The molecule has 0 aliphatic rings. The van der Waals surface area contributed by atoms with Crippen LogP contribution in [0.4, 0.5) is 0 Å². The number of hydrogen-bond acceptors (Lipinski definition) is 1. The summed E-state index contributed by atoms with van der Waals surface area (Å²) in [4.78, 5) is 0. The highest BCUT2D eigenvalue weighted by atomic mass is 16.5. The van der Waals surface area contributed by atoms with E-state index in [1.807, 2.05) is 0 Å². The fourth-order valence-electron chi connectivity index (χ4n) is 2.26. The van der Waals surface area contributed by atoms with E-state index in [1.165, 1.54) is 30.2 Å². The Hall–Kier alpha value is -1.54. The van der Waals surface area contributed by atoms with Gasteiger partial charge in [0.1, 0.15) is 5.75 Å². The van der Waals surface area contributed by atoms with Gasteiger partial charge in [-0.05, 0) is 49.1 Å². The van der Waals surface area contributed by atoms with Crippen LogP contribution >= 0.6 is 0 Å². The van der Waals surface area contributed by atoms with Crippen LogP contribution in [0.25, 0.3) is 10.8 Å². The zero-order valence-electron chi connectivity index (χ0n) is 12.6. The highest BCUT2D eigenvalue weighted by molar-refractivity contribution is 5.83. The van der Waals surface area contributed by atoms with E-state index in [0.29, 0.717) is 0 Å². The third-order valence-corrected chi connectivity index (χ3v) is 3.80. The summed E-state index contributed by atoms with van der Waals surface area (Å²) in [6, 6.07) is 15.5. The van der Waals surface area contributed by atoms with E-state index in [4.69, 9.17) is 4.74 Å². The van der Waals surface area contributed by atoms with Crippen molar-refractivity contribution in [1.29, 1.82) is 0 Å². The average Bonchev–Trinajstić information content (AvgIpc) is 2.50. The molecular formula is C18H26NO+. The summed E-state index contributed by atoms with van der Waals surface area (Å²) < 4.78 is 5.83. The molecule has 0 fully saturated rings. The molecule has 2 nitrogen and oxygen atoms in total. The van der Waals surface area contributed by atoms with Crippen molar-refractivity contribution < 1.29 is 10.1 Å². The molecule has 0 aliphatic heterocycles. The Bertz CT molecular complexity index is 524. The minimum atomic E-state index is 0.747. The SMILES string of the molecule is CC[C@@H](C)[NH2+]CCCCOc1ccc2ccccc2c1. The van der Waals surface area contributed by atoms with Crippen molar-refractivity contribution in [3.05, 3.63) is 42.5 Å². The molecule has 2 rings (SSSR count). The maximum Gasteiger partial charge on any atom is 0.119 e. The molecule has 2 N–H and O–H groups in total. The van der Waals surface area contributed by atoms with Crippen LogP contribution in [0.5, 0.6) is 5.75 Å². The molecule has 0 aromatic heterocycles. The maximum absolute atomic E-state index is 5.83.